The molecule has 1 radical (unpaired) electrons. The van der Waals surface area contributed by atoms with E-state index in [0.29, 0.717) is 38.9 Å². The van der Waals surface area contributed by atoms with E-state index < -0.39 is 25.0 Å². The van der Waals surface area contributed by atoms with E-state index in [-0.39, 0.29) is 37.9 Å². The quantitative estimate of drug-likeness (QED) is 0.157. The third-order valence-corrected chi connectivity index (χ3v) is 7.90. The summed E-state index contributed by atoms with van der Waals surface area (Å²) in [7, 11) is 0. The summed E-state index contributed by atoms with van der Waals surface area (Å²) >= 11 is 0. The Morgan fingerprint density at radius 1 is 0.796 bits per heavy atom. The van der Waals surface area contributed by atoms with Gasteiger partial charge < -0.3 is 14.4 Å². The minimum absolute atomic E-state index is 0. The fourth-order valence-electron chi connectivity index (χ4n) is 5.28. The second kappa shape index (κ2) is 15.4. The zero-order valence-electron chi connectivity index (χ0n) is 35.5. The molecule has 4 nitrogen and oxygen atoms in total. The topological polar surface area (TPSA) is 51.8 Å². The van der Waals surface area contributed by atoms with Crippen LogP contribution >= 0.6 is 0 Å². The van der Waals surface area contributed by atoms with Gasteiger partial charge in [-0.1, -0.05) is 86.2 Å². The number of benzene rings is 3. The number of fused-ring (bicyclic) bond motifs is 3. The van der Waals surface area contributed by atoms with Crippen LogP contribution in [0.4, 0.5) is 0 Å². The van der Waals surface area contributed by atoms with E-state index in [0.717, 1.165) is 16.6 Å². The molecule has 0 N–H and O–H groups in total. The van der Waals surface area contributed by atoms with E-state index in [1.54, 1.807) is 54.7 Å². The number of pyridine rings is 3. The summed E-state index contributed by atoms with van der Waals surface area (Å²) in [6.45, 7) is 9.42. The molecule has 0 aliphatic rings. The molecule has 0 unspecified atom stereocenters. The average Bonchev–Trinajstić information content (AvgIpc) is 3.51. The van der Waals surface area contributed by atoms with E-state index in [2.05, 4.69) is 66.1 Å². The first-order valence-corrected chi connectivity index (χ1v) is 16.0. The standard InChI is InChI=1S/C30H29N2O.C14H14N.Ir/c1-20-8-15-25-24-6-5-7-26(28(24)33-29(25)32-20)27-18-22(16-17-31-27)12-9-21-10-13-23(14-11-21)19-30(2,3)4;1-10-4-6-13(7-5-10)14-8-11(2)12(3)9-15-14;/h5-6,8,10-11,13-18H,9,12,19H2,1-4H3;4-6,8-9H,1-3H3;/q2*-1;/i1D3,9D2,19D2;;. The fraction of sp³-hybridized carbons (Fsp3) is 0.250. The molecule has 0 fully saturated rings. The van der Waals surface area contributed by atoms with Crippen LogP contribution in [0.5, 0.6) is 0 Å². The minimum Gasteiger partial charge on any atom is -0.486 e. The third-order valence-electron chi connectivity index (χ3n) is 7.90. The summed E-state index contributed by atoms with van der Waals surface area (Å²) in [5.41, 5.74) is 8.63. The van der Waals surface area contributed by atoms with Crippen molar-refractivity contribution in [2.24, 2.45) is 5.41 Å². The summed E-state index contributed by atoms with van der Waals surface area (Å²) in [6.07, 6.45) is 0.334. The second-order valence-corrected chi connectivity index (χ2v) is 13.0. The minimum atomic E-state index is -2.35. The first kappa shape index (κ1) is 27.4. The van der Waals surface area contributed by atoms with Gasteiger partial charge in [0.25, 0.3) is 0 Å². The second-order valence-electron chi connectivity index (χ2n) is 13.0. The van der Waals surface area contributed by atoms with E-state index in [4.69, 9.17) is 14.0 Å². The van der Waals surface area contributed by atoms with Crippen LogP contribution in [0.3, 0.4) is 0 Å². The van der Waals surface area contributed by atoms with Crippen molar-refractivity contribution >= 4 is 22.1 Å². The SMILES string of the molecule is Cc1c[c-]c(-c2cc(C)c(C)cn2)cc1.[2H]C([2H])([2H])c1ccc2c(n1)oc1c(-c3cc(CC([2H])([2H])c4ccc(C([2H])([2H])C(C)(C)C)cc4)ccn3)[c-]ccc12.[Ir]. The van der Waals surface area contributed by atoms with Crippen LogP contribution in [-0.4, -0.2) is 15.0 Å². The van der Waals surface area contributed by atoms with Gasteiger partial charge in [0.2, 0.25) is 5.71 Å². The number of hydrogen-bond acceptors (Lipinski definition) is 4. The normalized spacial score (nSPS) is 14.2. The fourth-order valence-corrected chi connectivity index (χ4v) is 5.28. The molecule has 0 aliphatic carbocycles. The molecule has 0 amide bonds. The van der Waals surface area contributed by atoms with Crippen molar-refractivity contribution in [3.63, 3.8) is 0 Å². The van der Waals surface area contributed by atoms with E-state index in [1.807, 2.05) is 39.1 Å². The maximum atomic E-state index is 8.78. The van der Waals surface area contributed by atoms with Crippen LogP contribution < -0.4 is 0 Å². The van der Waals surface area contributed by atoms with Gasteiger partial charge in [0.05, 0.1) is 5.58 Å². The Balaban J connectivity index is 0.000000314. The van der Waals surface area contributed by atoms with Gasteiger partial charge >= 0.3 is 0 Å². The van der Waals surface area contributed by atoms with Gasteiger partial charge in [0.15, 0.2) is 0 Å². The Bertz CT molecular complexity index is 2470. The zero-order chi connectivity index (χ0) is 39.9. The Kier molecular flexibility index (Phi) is 8.61. The Morgan fingerprint density at radius 3 is 2.31 bits per heavy atom. The average molecular weight is 829 g/mol. The maximum Gasteiger partial charge on any atom is 0.216 e. The van der Waals surface area contributed by atoms with Crippen molar-refractivity contribution in [1.82, 2.24) is 15.0 Å². The largest absolute Gasteiger partial charge is 0.486 e. The van der Waals surface area contributed by atoms with E-state index in [1.165, 1.54) is 22.8 Å². The van der Waals surface area contributed by atoms with Gasteiger partial charge in [-0.2, -0.15) is 0 Å². The zero-order valence-corrected chi connectivity index (χ0v) is 30.9. The molecule has 0 bridgehead atoms. The van der Waals surface area contributed by atoms with Gasteiger partial charge in [-0.15, -0.1) is 53.6 Å². The number of furan rings is 1. The van der Waals surface area contributed by atoms with Gasteiger partial charge in [-0.3, -0.25) is 0 Å². The molecular formula is C44H43IrN3O-2. The molecule has 4 aromatic heterocycles. The Morgan fingerprint density at radius 2 is 1.59 bits per heavy atom. The molecule has 4 heterocycles. The summed E-state index contributed by atoms with van der Waals surface area (Å²) in [5, 5.41) is 1.44. The molecule has 49 heavy (non-hydrogen) atoms. The van der Waals surface area contributed by atoms with Gasteiger partial charge in [0, 0.05) is 53.2 Å². The van der Waals surface area contributed by atoms with Crippen molar-refractivity contribution in [3.05, 3.63) is 149 Å². The molecule has 5 heteroatoms. The first-order chi connectivity index (χ1) is 25.7. The summed E-state index contributed by atoms with van der Waals surface area (Å²) in [6, 6.07) is 31.6. The Hall–Kier alpha value is -4.44. The van der Waals surface area contributed by atoms with Crippen LogP contribution in [0.1, 0.15) is 69.4 Å². The van der Waals surface area contributed by atoms with Crippen molar-refractivity contribution in [1.29, 1.82) is 0 Å². The Labute approximate surface area is 314 Å². The summed E-state index contributed by atoms with van der Waals surface area (Å²) < 4.78 is 63.5. The van der Waals surface area contributed by atoms with Crippen molar-refractivity contribution in [3.8, 4) is 22.5 Å². The summed E-state index contributed by atoms with van der Waals surface area (Å²) in [5.74, 6) is 0. The van der Waals surface area contributed by atoms with Crippen LogP contribution in [0.2, 0.25) is 0 Å². The van der Waals surface area contributed by atoms with Crippen LogP contribution in [-0.2, 0) is 39.3 Å². The van der Waals surface area contributed by atoms with Crippen molar-refractivity contribution in [2.45, 2.75) is 67.6 Å². The van der Waals surface area contributed by atoms with Crippen LogP contribution in [0.15, 0.2) is 102 Å². The van der Waals surface area contributed by atoms with Crippen LogP contribution in [0, 0.1) is 45.2 Å². The number of aromatic nitrogens is 3. The van der Waals surface area contributed by atoms with Crippen molar-refractivity contribution < 1.29 is 34.1 Å². The number of rotatable bonds is 6. The predicted octanol–water partition coefficient (Wildman–Crippen LogP) is 11.0. The molecule has 0 spiro atoms. The molecule has 0 aliphatic heterocycles. The third kappa shape index (κ3) is 8.97. The molecule has 7 rings (SSSR count). The van der Waals surface area contributed by atoms with Crippen molar-refractivity contribution in [2.75, 3.05) is 0 Å². The van der Waals surface area contributed by atoms with E-state index in [9.17, 15) is 0 Å². The smallest absolute Gasteiger partial charge is 0.216 e. The molecule has 251 valence electrons. The molecular weight excluding hydrogens is 779 g/mol. The maximum absolute atomic E-state index is 8.78. The van der Waals surface area contributed by atoms with Crippen LogP contribution in [0.25, 0.3) is 44.6 Å². The molecule has 7 aromatic rings. The first-order valence-electron chi connectivity index (χ1n) is 19.5. The molecule has 0 saturated heterocycles. The monoisotopic (exact) mass is 829 g/mol. The van der Waals surface area contributed by atoms with E-state index >= 15 is 0 Å². The van der Waals surface area contributed by atoms with Gasteiger partial charge in [0.1, 0.15) is 0 Å². The van der Waals surface area contributed by atoms with Gasteiger partial charge in [-0.25, -0.2) is 4.98 Å². The number of nitrogens with zero attached hydrogens (tertiary/aromatic N) is 3. The number of aryl methyl sites for hydroxylation is 6. The predicted molar refractivity (Wildman–Crippen MR) is 198 cm³/mol. The molecule has 0 saturated carbocycles. The molecule has 3 aromatic carbocycles. The number of hydrogen-bond donors (Lipinski definition) is 0. The summed E-state index contributed by atoms with van der Waals surface area (Å²) in [4.78, 5) is 13.1. The van der Waals surface area contributed by atoms with Gasteiger partial charge in [-0.05, 0) is 91.6 Å². The molecule has 0 atom stereocenters.